The molecule has 5 heteroatoms. The molecule has 0 amide bonds. The van der Waals surface area contributed by atoms with Crippen molar-refractivity contribution in [3.63, 3.8) is 0 Å². The van der Waals surface area contributed by atoms with Crippen LogP contribution in [0.2, 0.25) is 5.15 Å². The lowest BCUT2D eigenvalue weighted by Crippen LogP contribution is -1.99. The van der Waals surface area contributed by atoms with Crippen molar-refractivity contribution >= 4 is 27.5 Å². The molecule has 0 aliphatic rings. The van der Waals surface area contributed by atoms with Crippen molar-refractivity contribution in [3.05, 3.63) is 16.0 Å². The van der Waals surface area contributed by atoms with Gasteiger partial charge in [0.05, 0.1) is 12.8 Å². The van der Waals surface area contributed by atoms with Crippen molar-refractivity contribution in [2.24, 2.45) is 0 Å². The van der Waals surface area contributed by atoms with Crippen LogP contribution in [0.15, 0.2) is 10.8 Å². The second kappa shape index (κ2) is 5.40. The van der Waals surface area contributed by atoms with E-state index in [9.17, 15) is 0 Å². The molecule has 0 unspecified atom stereocenters. The van der Waals surface area contributed by atoms with Crippen LogP contribution >= 0.6 is 27.5 Å². The molecule has 1 rings (SSSR count). The molecule has 0 spiro atoms. The molecule has 1 heterocycles. The van der Waals surface area contributed by atoms with Gasteiger partial charge in [-0.3, -0.25) is 0 Å². The second-order valence-corrected chi connectivity index (χ2v) is 3.60. The lowest BCUT2D eigenvalue weighted by Gasteiger charge is -2.03. The first-order valence-corrected chi connectivity index (χ1v) is 5.22. The summed E-state index contributed by atoms with van der Waals surface area (Å²) in [5, 5.41) is 0.328. The van der Waals surface area contributed by atoms with E-state index in [4.69, 9.17) is 16.3 Å². The summed E-state index contributed by atoms with van der Waals surface area (Å²) in [6, 6.07) is 0. The zero-order chi connectivity index (χ0) is 9.68. The van der Waals surface area contributed by atoms with E-state index in [1.165, 1.54) is 0 Å². The first-order valence-electron chi connectivity index (χ1n) is 4.05. The standard InChI is InChI=1S/C8H10BrClN2O/c1-2-3-4-13-6-5-11-7(9)8(10)12-6/h5H,2-4H2,1H3. The van der Waals surface area contributed by atoms with Crippen molar-refractivity contribution < 1.29 is 4.74 Å². The SMILES string of the molecule is CCCCOc1cnc(Br)c(Cl)n1. The van der Waals surface area contributed by atoms with E-state index in [0.717, 1.165) is 12.8 Å². The molecule has 0 atom stereocenters. The smallest absolute Gasteiger partial charge is 0.233 e. The van der Waals surface area contributed by atoms with E-state index in [1.54, 1.807) is 6.20 Å². The highest BCUT2D eigenvalue weighted by atomic mass is 79.9. The largest absolute Gasteiger partial charge is 0.477 e. The number of hydrogen-bond donors (Lipinski definition) is 0. The Balaban J connectivity index is 2.53. The van der Waals surface area contributed by atoms with Gasteiger partial charge in [0, 0.05) is 0 Å². The summed E-state index contributed by atoms with van der Waals surface area (Å²) in [6.45, 7) is 2.76. The number of aromatic nitrogens is 2. The topological polar surface area (TPSA) is 35.0 Å². The molecule has 0 bridgehead atoms. The minimum atomic E-state index is 0.328. The fourth-order valence-corrected chi connectivity index (χ4v) is 1.05. The fourth-order valence-electron chi connectivity index (χ4n) is 0.728. The molecule has 0 radical (unpaired) electrons. The van der Waals surface area contributed by atoms with Crippen LogP contribution < -0.4 is 4.74 Å². The zero-order valence-electron chi connectivity index (χ0n) is 7.26. The third kappa shape index (κ3) is 3.48. The lowest BCUT2D eigenvalue weighted by molar-refractivity contribution is 0.296. The van der Waals surface area contributed by atoms with Crippen LogP contribution in [0.3, 0.4) is 0 Å². The van der Waals surface area contributed by atoms with Crippen LogP contribution in [-0.4, -0.2) is 16.6 Å². The Bertz CT molecular complexity index is 283. The molecule has 0 aromatic carbocycles. The van der Waals surface area contributed by atoms with Gasteiger partial charge in [-0.1, -0.05) is 24.9 Å². The monoisotopic (exact) mass is 264 g/mol. The predicted octanol–water partition coefficient (Wildman–Crippen LogP) is 3.07. The van der Waals surface area contributed by atoms with Crippen LogP contribution in [0.25, 0.3) is 0 Å². The Morgan fingerprint density at radius 3 is 3.00 bits per heavy atom. The normalized spacial score (nSPS) is 10.1. The molecule has 1 aromatic heterocycles. The zero-order valence-corrected chi connectivity index (χ0v) is 9.60. The van der Waals surface area contributed by atoms with Gasteiger partial charge in [-0.15, -0.1) is 0 Å². The van der Waals surface area contributed by atoms with Crippen molar-refractivity contribution in [2.75, 3.05) is 6.61 Å². The summed E-state index contributed by atoms with van der Waals surface area (Å²) in [4.78, 5) is 7.93. The van der Waals surface area contributed by atoms with Crippen molar-refractivity contribution in [3.8, 4) is 5.88 Å². The first-order chi connectivity index (χ1) is 6.24. The van der Waals surface area contributed by atoms with Crippen molar-refractivity contribution in [1.82, 2.24) is 9.97 Å². The molecule has 0 aliphatic heterocycles. The van der Waals surface area contributed by atoms with E-state index in [-0.39, 0.29) is 0 Å². The lowest BCUT2D eigenvalue weighted by atomic mass is 10.4. The number of unbranched alkanes of at least 4 members (excludes halogenated alkanes) is 1. The van der Waals surface area contributed by atoms with Gasteiger partial charge in [-0.05, 0) is 22.4 Å². The maximum absolute atomic E-state index is 5.73. The molecule has 0 saturated carbocycles. The summed E-state index contributed by atoms with van der Waals surface area (Å²) in [5.41, 5.74) is 0. The molecular formula is C8H10BrClN2O. The van der Waals surface area contributed by atoms with E-state index < -0.39 is 0 Å². The molecule has 0 saturated heterocycles. The quantitative estimate of drug-likeness (QED) is 0.785. The maximum Gasteiger partial charge on any atom is 0.233 e. The van der Waals surface area contributed by atoms with Crippen LogP contribution in [-0.2, 0) is 0 Å². The highest BCUT2D eigenvalue weighted by Gasteiger charge is 2.02. The van der Waals surface area contributed by atoms with Gasteiger partial charge in [-0.2, -0.15) is 4.98 Å². The van der Waals surface area contributed by atoms with Gasteiger partial charge < -0.3 is 4.74 Å². The minimum Gasteiger partial charge on any atom is -0.477 e. The predicted molar refractivity (Wildman–Crippen MR) is 55.1 cm³/mol. The number of halogens is 2. The highest BCUT2D eigenvalue weighted by Crippen LogP contribution is 2.19. The van der Waals surface area contributed by atoms with Crippen LogP contribution in [0, 0.1) is 0 Å². The molecule has 1 aromatic rings. The highest BCUT2D eigenvalue weighted by molar-refractivity contribution is 9.10. The van der Waals surface area contributed by atoms with Crippen LogP contribution in [0.1, 0.15) is 19.8 Å². The number of rotatable bonds is 4. The van der Waals surface area contributed by atoms with Gasteiger partial charge in [0.1, 0.15) is 4.60 Å². The Morgan fingerprint density at radius 2 is 2.38 bits per heavy atom. The molecule has 0 aliphatic carbocycles. The Hall–Kier alpha value is -0.350. The first kappa shape index (κ1) is 10.7. The van der Waals surface area contributed by atoms with Gasteiger partial charge in [0.2, 0.25) is 5.88 Å². The van der Waals surface area contributed by atoms with Gasteiger partial charge >= 0.3 is 0 Å². The number of nitrogens with zero attached hydrogens (tertiary/aromatic N) is 2. The maximum atomic E-state index is 5.73. The van der Waals surface area contributed by atoms with Crippen molar-refractivity contribution in [2.45, 2.75) is 19.8 Å². The fraction of sp³-hybridized carbons (Fsp3) is 0.500. The summed E-state index contributed by atoms with van der Waals surface area (Å²) in [5.74, 6) is 0.474. The van der Waals surface area contributed by atoms with E-state index in [1.807, 2.05) is 0 Å². The van der Waals surface area contributed by atoms with Crippen LogP contribution in [0.4, 0.5) is 0 Å². The number of hydrogen-bond acceptors (Lipinski definition) is 3. The van der Waals surface area contributed by atoms with Crippen LogP contribution in [0.5, 0.6) is 5.88 Å². The molecule has 3 nitrogen and oxygen atoms in total. The molecule has 13 heavy (non-hydrogen) atoms. The number of ether oxygens (including phenoxy) is 1. The Labute approximate surface area is 90.6 Å². The minimum absolute atomic E-state index is 0.328. The summed E-state index contributed by atoms with van der Waals surface area (Å²) in [7, 11) is 0. The van der Waals surface area contributed by atoms with E-state index in [0.29, 0.717) is 22.2 Å². The molecular weight excluding hydrogens is 255 g/mol. The summed E-state index contributed by atoms with van der Waals surface area (Å²) >= 11 is 8.88. The average molecular weight is 266 g/mol. The molecule has 72 valence electrons. The molecule has 0 N–H and O–H groups in total. The third-order valence-electron chi connectivity index (χ3n) is 1.41. The average Bonchev–Trinajstić information content (AvgIpc) is 2.12. The van der Waals surface area contributed by atoms with Crippen molar-refractivity contribution in [1.29, 1.82) is 0 Å². The summed E-state index contributed by atoms with van der Waals surface area (Å²) < 4.78 is 5.84. The van der Waals surface area contributed by atoms with E-state index >= 15 is 0 Å². The second-order valence-electron chi connectivity index (χ2n) is 2.49. The van der Waals surface area contributed by atoms with Gasteiger partial charge in [0.15, 0.2) is 5.15 Å². The summed E-state index contributed by atoms with van der Waals surface area (Å²) in [6.07, 6.45) is 3.65. The Morgan fingerprint density at radius 1 is 1.62 bits per heavy atom. The van der Waals surface area contributed by atoms with E-state index in [2.05, 4.69) is 32.8 Å². The van der Waals surface area contributed by atoms with Gasteiger partial charge in [0.25, 0.3) is 0 Å². The Kier molecular flexibility index (Phi) is 4.45. The third-order valence-corrected chi connectivity index (χ3v) is 2.49. The van der Waals surface area contributed by atoms with Gasteiger partial charge in [-0.25, -0.2) is 4.98 Å². The molecule has 0 fully saturated rings.